The van der Waals surface area contributed by atoms with Gasteiger partial charge in [-0.15, -0.1) is 10.2 Å². The molecule has 1 aromatic heterocycles. The first-order valence-electron chi connectivity index (χ1n) is 10.3. The molecule has 0 radical (unpaired) electrons. The number of aromatic nitrogens is 2. The number of piperidine rings is 1. The summed E-state index contributed by atoms with van der Waals surface area (Å²) in [5.74, 6) is 0.907. The molecule has 154 valence electrons. The van der Waals surface area contributed by atoms with Gasteiger partial charge < -0.3 is 10.1 Å². The van der Waals surface area contributed by atoms with Gasteiger partial charge in [0.15, 0.2) is 6.23 Å². The quantitative estimate of drug-likeness (QED) is 0.787. The zero-order valence-corrected chi connectivity index (χ0v) is 18.5. The molecule has 3 heterocycles. The van der Waals surface area contributed by atoms with E-state index in [0.717, 1.165) is 41.8 Å². The number of hydrogen-bond acceptors (Lipinski definition) is 6. The summed E-state index contributed by atoms with van der Waals surface area (Å²) in [6, 6.07) is 8.28. The van der Waals surface area contributed by atoms with E-state index in [1.54, 1.807) is 11.3 Å². The Morgan fingerprint density at radius 3 is 2.66 bits per heavy atom. The third-order valence-electron chi connectivity index (χ3n) is 5.71. The zero-order valence-electron chi connectivity index (χ0n) is 17.7. The first kappa shape index (κ1) is 20.1. The summed E-state index contributed by atoms with van der Waals surface area (Å²) < 4.78 is 6.48. The minimum absolute atomic E-state index is 0.00909. The maximum atomic E-state index is 6.48. The lowest BCUT2D eigenvalue weighted by atomic mass is 9.82. The summed E-state index contributed by atoms with van der Waals surface area (Å²) in [6.07, 6.45) is 10.1. The average molecular weight is 411 g/mol. The summed E-state index contributed by atoms with van der Waals surface area (Å²) in [5.41, 5.74) is 1.31. The molecule has 6 heteroatoms. The number of nitrogens with one attached hydrogen (secondary N) is 1. The highest BCUT2D eigenvalue weighted by Crippen LogP contribution is 2.38. The Balaban J connectivity index is 1.59. The van der Waals surface area contributed by atoms with Crippen molar-refractivity contribution in [2.75, 3.05) is 18.0 Å². The van der Waals surface area contributed by atoms with Gasteiger partial charge in [0.2, 0.25) is 5.13 Å². The topological polar surface area (TPSA) is 50.3 Å². The molecule has 0 amide bonds. The van der Waals surface area contributed by atoms with Crippen molar-refractivity contribution < 1.29 is 4.74 Å². The fraction of sp³-hybridized carbons (Fsp3) is 0.478. The van der Waals surface area contributed by atoms with Crippen molar-refractivity contribution in [2.24, 2.45) is 0 Å². The van der Waals surface area contributed by atoms with Crippen LogP contribution in [0.1, 0.15) is 51.1 Å². The first-order chi connectivity index (χ1) is 13.9. The average Bonchev–Trinajstić information content (AvgIpc) is 3.20. The molecule has 1 unspecified atom stereocenters. The van der Waals surface area contributed by atoms with Crippen LogP contribution in [-0.2, 0) is 10.8 Å². The Morgan fingerprint density at radius 1 is 1.14 bits per heavy atom. The monoisotopic (exact) mass is 410 g/mol. The zero-order chi connectivity index (χ0) is 20.5. The van der Waals surface area contributed by atoms with E-state index >= 15 is 0 Å². The predicted molar refractivity (Wildman–Crippen MR) is 120 cm³/mol. The van der Waals surface area contributed by atoms with Gasteiger partial charge in [0.25, 0.3) is 0 Å². The van der Waals surface area contributed by atoms with E-state index in [0.29, 0.717) is 0 Å². The van der Waals surface area contributed by atoms with Gasteiger partial charge in [-0.2, -0.15) is 0 Å². The van der Waals surface area contributed by atoms with E-state index in [1.165, 1.54) is 5.56 Å². The number of allylic oxidation sites excluding steroid dienone is 2. The summed E-state index contributed by atoms with van der Waals surface area (Å²) >= 11 is 1.68. The summed E-state index contributed by atoms with van der Waals surface area (Å²) in [7, 11) is 0. The van der Waals surface area contributed by atoms with E-state index < -0.39 is 0 Å². The van der Waals surface area contributed by atoms with Gasteiger partial charge in [0.1, 0.15) is 10.8 Å². The van der Waals surface area contributed by atoms with Gasteiger partial charge in [-0.1, -0.05) is 63.3 Å². The molecule has 1 atom stereocenters. The van der Waals surface area contributed by atoms with Crippen LogP contribution in [0.3, 0.4) is 0 Å². The number of ether oxygens (including phenoxy) is 1. The molecule has 2 aromatic rings. The van der Waals surface area contributed by atoms with Crippen LogP contribution in [0.15, 0.2) is 48.7 Å². The Labute approximate surface area is 177 Å². The summed E-state index contributed by atoms with van der Waals surface area (Å²) in [5, 5.41) is 14.5. The summed E-state index contributed by atoms with van der Waals surface area (Å²) in [4.78, 5) is 2.07. The maximum Gasteiger partial charge on any atom is 0.215 e. The first-order valence-corrected chi connectivity index (χ1v) is 11.1. The highest BCUT2D eigenvalue weighted by molar-refractivity contribution is 7.15. The van der Waals surface area contributed by atoms with Crippen molar-refractivity contribution in [1.82, 2.24) is 15.5 Å². The SMILES string of the molecule is CC(C)(C)c1ccccc1OC1C=CC=CN1c1nnc(C2(C)CCNCC2)s1. The number of hydrogen-bond donors (Lipinski definition) is 1. The van der Waals surface area contributed by atoms with Crippen molar-refractivity contribution in [3.63, 3.8) is 0 Å². The van der Waals surface area contributed by atoms with Gasteiger partial charge in [0.05, 0.1) is 0 Å². The molecule has 1 N–H and O–H groups in total. The van der Waals surface area contributed by atoms with Crippen molar-refractivity contribution in [3.8, 4) is 5.75 Å². The van der Waals surface area contributed by atoms with Crippen LogP contribution in [0.2, 0.25) is 0 Å². The van der Waals surface area contributed by atoms with E-state index in [4.69, 9.17) is 4.74 Å². The maximum absolute atomic E-state index is 6.48. The molecule has 2 aliphatic heterocycles. The van der Waals surface area contributed by atoms with Crippen LogP contribution in [0.4, 0.5) is 5.13 Å². The molecule has 1 aromatic carbocycles. The van der Waals surface area contributed by atoms with Crippen LogP contribution < -0.4 is 15.0 Å². The normalized spacial score (nSPS) is 21.4. The fourth-order valence-electron chi connectivity index (χ4n) is 3.82. The minimum atomic E-state index is -0.245. The second-order valence-corrected chi connectivity index (χ2v) is 10.0. The Kier molecular flexibility index (Phi) is 5.49. The Morgan fingerprint density at radius 2 is 1.90 bits per heavy atom. The van der Waals surface area contributed by atoms with E-state index in [2.05, 4.69) is 66.3 Å². The van der Waals surface area contributed by atoms with Crippen molar-refractivity contribution >= 4 is 16.5 Å². The highest BCUT2D eigenvalue weighted by Gasteiger charge is 2.34. The van der Waals surface area contributed by atoms with Crippen LogP contribution in [0.5, 0.6) is 5.75 Å². The Bertz CT molecular complexity index is 906. The Hall–Kier alpha value is -2.18. The molecule has 5 nitrogen and oxygen atoms in total. The van der Waals surface area contributed by atoms with Gasteiger partial charge in [0, 0.05) is 11.6 Å². The third kappa shape index (κ3) is 4.23. The van der Waals surface area contributed by atoms with Crippen molar-refractivity contribution in [3.05, 3.63) is 59.3 Å². The van der Waals surface area contributed by atoms with E-state index in [9.17, 15) is 0 Å². The van der Waals surface area contributed by atoms with Crippen molar-refractivity contribution in [1.29, 1.82) is 0 Å². The molecule has 0 aliphatic carbocycles. The molecule has 0 spiro atoms. The molecule has 1 saturated heterocycles. The molecule has 0 saturated carbocycles. The van der Waals surface area contributed by atoms with Gasteiger partial charge in [-0.3, -0.25) is 4.90 Å². The minimum Gasteiger partial charge on any atom is -0.466 e. The smallest absolute Gasteiger partial charge is 0.215 e. The molecule has 0 bridgehead atoms. The highest BCUT2D eigenvalue weighted by atomic mass is 32.1. The van der Waals surface area contributed by atoms with Crippen LogP contribution in [0.25, 0.3) is 0 Å². The fourth-order valence-corrected chi connectivity index (χ4v) is 4.88. The number of nitrogens with zero attached hydrogens (tertiary/aromatic N) is 3. The number of rotatable bonds is 4. The molecule has 4 rings (SSSR count). The van der Waals surface area contributed by atoms with E-state index in [1.807, 2.05) is 30.5 Å². The molecule has 29 heavy (non-hydrogen) atoms. The lowest BCUT2D eigenvalue weighted by Gasteiger charge is -2.32. The van der Waals surface area contributed by atoms with Crippen LogP contribution >= 0.6 is 11.3 Å². The third-order valence-corrected chi connectivity index (χ3v) is 6.95. The summed E-state index contributed by atoms with van der Waals surface area (Å²) in [6.45, 7) is 11.0. The number of benzene rings is 1. The van der Waals surface area contributed by atoms with Gasteiger partial charge in [-0.05, 0) is 55.1 Å². The largest absolute Gasteiger partial charge is 0.466 e. The van der Waals surface area contributed by atoms with Crippen LogP contribution in [-0.4, -0.2) is 29.5 Å². The van der Waals surface area contributed by atoms with Crippen LogP contribution in [0, 0.1) is 0 Å². The second kappa shape index (κ2) is 7.92. The van der Waals surface area contributed by atoms with Crippen molar-refractivity contribution in [2.45, 2.75) is 57.6 Å². The van der Waals surface area contributed by atoms with Gasteiger partial charge in [-0.25, -0.2) is 0 Å². The van der Waals surface area contributed by atoms with Gasteiger partial charge >= 0.3 is 0 Å². The van der Waals surface area contributed by atoms with E-state index in [-0.39, 0.29) is 17.1 Å². The molecular weight excluding hydrogens is 380 g/mol. The standard InChI is InChI=1S/C23H30N4OS/c1-22(2,3)17-9-5-6-10-18(17)28-19-11-7-8-16-27(19)21-26-25-20(29-21)23(4)12-14-24-15-13-23/h5-11,16,19,24H,12-15H2,1-4H3. The lowest BCUT2D eigenvalue weighted by molar-refractivity contribution is 0.246. The molecular formula is C23H30N4OS. The lowest BCUT2D eigenvalue weighted by Crippen LogP contribution is -2.37. The number of anilines is 1. The molecule has 2 aliphatic rings. The molecule has 1 fully saturated rings. The second-order valence-electron chi connectivity index (χ2n) is 9.09. The number of para-hydroxylation sites is 1. The predicted octanol–water partition coefficient (Wildman–Crippen LogP) is 4.77.